The first-order chi connectivity index (χ1) is 50.1. The van der Waals surface area contributed by atoms with Gasteiger partial charge < -0.3 is 85.9 Å². The van der Waals surface area contributed by atoms with E-state index in [2.05, 4.69) is 62.8 Å². The number of carboxylic acid groups (broad SMARTS) is 1. The molecule has 105 heavy (non-hydrogen) atoms. The standard InChI is InChI=1S/C74H94ClN17O13/c1-42(2)33-56(64(96)86-55(19-11-31-82-74(78)79)71(103)92-32-12-20-62(92)70(102)83-43(3)72(104)105)87-67(99)59(38-47-22-26-50-15-6-8-17-52(50)35-47)88-63(95)54(18-10-30-81-73(76)77)85-69(101)61(41-93)91-68(100)60(39-48-13-9-29-80-40-48)90-66(98)58(36-45-23-27-53(75)28-24-45)89-65(97)57(84-44(4)94)37-46-21-25-49-14-5-7-16-51(49)34-46/h5-9,13-17,21-29,34-35,40,42-43,54-62,93H,10-12,18-20,30-33,36-39,41H2,1-4H3,(H,83,102)(H,84,94)(H,85,101)(H,86,96)(H,87,99)(H,88,95)(H,89,97)(H,90,98)(H,91,100)(H,104,105)(H4,76,77,81)(H4,78,79,82)/t43-,54+,55+,56+,57-,58-,59-,60-,61+,62-/m1/s1. The van der Waals surface area contributed by atoms with E-state index in [0.717, 1.165) is 21.5 Å². The van der Waals surface area contributed by atoms with E-state index in [9.17, 15) is 53.4 Å². The fraction of sp³-hybridized carbons (Fsp3) is 0.405. The molecule has 7 rings (SSSR count). The third kappa shape index (κ3) is 25.6. The molecular formula is C74H94ClN17O13. The molecule has 10 amide bonds. The number of carbonyl (C=O) groups excluding carboxylic acids is 10. The number of amides is 10. The lowest BCUT2D eigenvalue weighted by molar-refractivity contribution is -0.144. The van der Waals surface area contributed by atoms with Crippen LogP contribution in [0.25, 0.3) is 21.5 Å². The number of nitrogens with one attached hydrogen (secondary N) is 9. The quantitative estimate of drug-likeness (QED) is 0.0146. The number of fused-ring (bicyclic) bond motifs is 2. The summed E-state index contributed by atoms with van der Waals surface area (Å²) in [4.78, 5) is 169. The predicted octanol–water partition coefficient (Wildman–Crippen LogP) is 0.936. The van der Waals surface area contributed by atoms with Crippen LogP contribution >= 0.6 is 11.6 Å². The van der Waals surface area contributed by atoms with Gasteiger partial charge in [-0.3, -0.25) is 67.7 Å². The van der Waals surface area contributed by atoms with Gasteiger partial charge in [-0.15, -0.1) is 0 Å². The molecule has 1 aliphatic rings. The summed E-state index contributed by atoms with van der Waals surface area (Å²) in [6.07, 6.45) is 2.98. The summed E-state index contributed by atoms with van der Waals surface area (Å²) in [7, 11) is 0. The topological polar surface area (TPSA) is 481 Å². The van der Waals surface area contributed by atoms with Crippen molar-refractivity contribution in [3.63, 3.8) is 0 Å². The smallest absolute Gasteiger partial charge is 0.325 e. The average Bonchev–Trinajstić information content (AvgIpc) is 1.82. The molecule has 19 N–H and O–H groups in total. The number of aromatic nitrogens is 1. The van der Waals surface area contributed by atoms with Gasteiger partial charge in [0.25, 0.3) is 0 Å². The summed E-state index contributed by atoms with van der Waals surface area (Å²) in [5.41, 5.74) is 24.7. The molecule has 0 saturated carbocycles. The normalized spacial score (nSPS) is 15.2. The van der Waals surface area contributed by atoms with Crippen LogP contribution in [0.4, 0.5) is 0 Å². The molecule has 0 unspecified atom stereocenters. The van der Waals surface area contributed by atoms with Crippen molar-refractivity contribution < 1.29 is 63.0 Å². The summed E-state index contributed by atoms with van der Waals surface area (Å²) in [5.74, 6) is -10.2. The summed E-state index contributed by atoms with van der Waals surface area (Å²) < 4.78 is 0. The summed E-state index contributed by atoms with van der Waals surface area (Å²) >= 11 is 6.24. The number of benzene rings is 5. The number of pyridine rings is 1. The molecule has 31 heteroatoms. The maximum Gasteiger partial charge on any atom is 0.325 e. The number of nitrogens with zero attached hydrogens (tertiary/aromatic N) is 4. The van der Waals surface area contributed by atoms with Crippen molar-refractivity contribution in [1.82, 2.24) is 57.7 Å². The molecule has 0 aliphatic carbocycles. The van der Waals surface area contributed by atoms with Crippen molar-refractivity contribution in [2.45, 2.75) is 159 Å². The van der Waals surface area contributed by atoms with Crippen LogP contribution in [0.5, 0.6) is 0 Å². The van der Waals surface area contributed by atoms with Gasteiger partial charge in [-0.05, 0) is 120 Å². The Labute approximate surface area is 612 Å². The lowest BCUT2D eigenvalue weighted by atomic mass is 9.98. The molecule has 0 spiro atoms. The zero-order valence-corrected chi connectivity index (χ0v) is 59.8. The van der Waals surface area contributed by atoms with Gasteiger partial charge >= 0.3 is 5.97 Å². The number of guanidine groups is 2. The zero-order chi connectivity index (χ0) is 76.3. The average molecular weight is 1470 g/mol. The van der Waals surface area contributed by atoms with Crippen LogP contribution in [-0.4, -0.2) is 184 Å². The SMILES string of the molecule is CC(=O)N[C@H](Cc1ccc2ccccc2c1)C(=O)N[C@H](Cc1ccc(Cl)cc1)C(=O)N[C@H](Cc1cccnc1)C(=O)N[C@@H](CO)C(=O)N[C@@H](CCCN=C(N)N)C(=O)N[C@H](Cc1ccc2ccccc2c1)C(=O)N[C@@H](CC(C)C)C(=O)N[C@@H](CCCN=C(N)N)C(=O)N1CCC[C@@H]1C(=O)N[C@H](C)C(=O)O. The third-order valence-corrected chi connectivity index (χ3v) is 17.7. The Morgan fingerprint density at radius 1 is 0.514 bits per heavy atom. The highest BCUT2D eigenvalue weighted by molar-refractivity contribution is 6.30. The van der Waals surface area contributed by atoms with Crippen LogP contribution < -0.4 is 70.8 Å². The summed E-state index contributed by atoms with van der Waals surface area (Å²) in [5, 5.41) is 48.5. The number of aliphatic imine (C=N–C) groups is 2. The minimum absolute atomic E-state index is 0.00366. The van der Waals surface area contributed by atoms with E-state index in [-0.39, 0.29) is 102 Å². The molecule has 560 valence electrons. The van der Waals surface area contributed by atoms with Crippen molar-refractivity contribution in [1.29, 1.82) is 0 Å². The van der Waals surface area contributed by atoms with Crippen LogP contribution in [0, 0.1) is 5.92 Å². The number of hydrogen-bond donors (Lipinski definition) is 15. The van der Waals surface area contributed by atoms with E-state index in [1.54, 1.807) is 56.3 Å². The second-order valence-corrected chi connectivity index (χ2v) is 26.8. The van der Waals surface area contributed by atoms with Crippen molar-refractivity contribution in [3.8, 4) is 0 Å². The highest BCUT2D eigenvalue weighted by Crippen LogP contribution is 2.23. The molecule has 1 aromatic heterocycles. The van der Waals surface area contributed by atoms with Crippen LogP contribution in [-0.2, 0) is 78.4 Å². The molecule has 6 aromatic rings. The summed E-state index contributed by atoms with van der Waals surface area (Å²) in [6, 6.07) is 21.7. The number of aliphatic hydroxyl groups excluding tert-OH is 1. The largest absolute Gasteiger partial charge is 0.480 e. The van der Waals surface area contributed by atoms with Gasteiger partial charge in [0.1, 0.15) is 60.4 Å². The van der Waals surface area contributed by atoms with E-state index in [0.29, 0.717) is 33.7 Å². The number of carbonyl (C=O) groups is 11. The number of likely N-dealkylation sites (tertiary alicyclic amines) is 1. The van der Waals surface area contributed by atoms with Gasteiger partial charge in [-0.25, -0.2) is 0 Å². The lowest BCUT2D eigenvalue weighted by Gasteiger charge is -2.31. The minimum Gasteiger partial charge on any atom is -0.480 e. The highest BCUT2D eigenvalue weighted by atomic mass is 35.5. The van der Waals surface area contributed by atoms with Gasteiger partial charge in [-0.2, -0.15) is 0 Å². The van der Waals surface area contributed by atoms with Crippen molar-refractivity contribution in [3.05, 3.63) is 161 Å². The Hall–Kier alpha value is -11.3. The van der Waals surface area contributed by atoms with E-state index in [1.165, 1.54) is 31.1 Å². The number of nitrogens with two attached hydrogens (primary N) is 4. The van der Waals surface area contributed by atoms with E-state index in [4.69, 9.17) is 34.5 Å². The van der Waals surface area contributed by atoms with Crippen molar-refractivity contribution in [2.24, 2.45) is 38.8 Å². The Kier molecular flexibility index (Phi) is 30.8. The van der Waals surface area contributed by atoms with Gasteiger partial charge in [-0.1, -0.05) is 129 Å². The molecule has 1 saturated heterocycles. The van der Waals surface area contributed by atoms with Gasteiger partial charge in [0.15, 0.2) is 11.9 Å². The molecule has 5 aromatic carbocycles. The maximum absolute atomic E-state index is 15.1. The number of rotatable bonds is 38. The molecule has 0 radical (unpaired) electrons. The molecular weight excluding hydrogens is 1370 g/mol. The molecule has 1 aliphatic heterocycles. The molecule has 10 atom stereocenters. The Morgan fingerprint density at radius 2 is 0.943 bits per heavy atom. The third-order valence-electron chi connectivity index (χ3n) is 17.5. The monoisotopic (exact) mass is 1460 g/mol. The van der Waals surface area contributed by atoms with Gasteiger partial charge in [0.2, 0.25) is 59.1 Å². The first kappa shape index (κ1) is 81.0. The van der Waals surface area contributed by atoms with Crippen LogP contribution in [0.3, 0.4) is 0 Å². The molecule has 0 bridgehead atoms. The number of halogens is 1. The van der Waals surface area contributed by atoms with E-state index >= 15 is 9.59 Å². The zero-order valence-electron chi connectivity index (χ0n) is 59.0. The first-order valence-corrected chi connectivity index (χ1v) is 35.1. The fourth-order valence-corrected chi connectivity index (χ4v) is 12.2. The second kappa shape index (κ2) is 40.0. The van der Waals surface area contributed by atoms with Crippen molar-refractivity contribution >= 4 is 110 Å². The van der Waals surface area contributed by atoms with Gasteiger partial charge in [0, 0.05) is 69.7 Å². The highest BCUT2D eigenvalue weighted by Gasteiger charge is 2.40. The van der Waals surface area contributed by atoms with Crippen LogP contribution in [0.2, 0.25) is 5.02 Å². The minimum atomic E-state index is -1.82. The molecule has 30 nitrogen and oxygen atoms in total. The lowest BCUT2D eigenvalue weighted by Crippen LogP contribution is -2.61. The Bertz CT molecular complexity index is 4100. The fourth-order valence-electron chi connectivity index (χ4n) is 12.1. The molecule has 1 fully saturated rings. The van der Waals surface area contributed by atoms with Crippen molar-refractivity contribution in [2.75, 3.05) is 26.2 Å². The molecule has 2 heterocycles. The predicted molar refractivity (Wildman–Crippen MR) is 396 cm³/mol. The Morgan fingerprint density at radius 3 is 1.43 bits per heavy atom. The maximum atomic E-state index is 15.1. The number of aliphatic hydroxyl groups is 1. The van der Waals surface area contributed by atoms with Crippen LogP contribution in [0.15, 0.2) is 144 Å². The van der Waals surface area contributed by atoms with Crippen LogP contribution in [0.1, 0.15) is 94.9 Å². The van der Waals surface area contributed by atoms with Gasteiger partial charge in [0.05, 0.1) is 6.61 Å². The van der Waals surface area contributed by atoms with E-state index in [1.807, 2.05) is 78.9 Å². The number of aliphatic carboxylic acids is 1. The second-order valence-electron chi connectivity index (χ2n) is 26.3. The Balaban J connectivity index is 1.15. The number of carboxylic acids is 1. The first-order valence-electron chi connectivity index (χ1n) is 34.7. The summed E-state index contributed by atoms with van der Waals surface area (Å²) in [6.45, 7) is 5.18. The van der Waals surface area contributed by atoms with E-state index < -0.39 is 132 Å². The number of hydrogen-bond acceptors (Lipinski definition) is 15.